The fraction of sp³-hybridized carbons (Fsp3) is 0.429. The standard InChI is InChI=1S/C21H24F2N8O/c1-11(12(2)32)30-10-15(8-25-30)29-5-3-4-13(9-29)19-27-20-16-6-14(22)7-17(23)18(16)26-21(24)31(20)28-19/h6-8,10-13,32H,3-5,9H2,1-2H3,(H2,24,26)/t11-,12+,13?/m0/s1. The molecule has 4 aromatic rings. The van der Waals surface area contributed by atoms with E-state index < -0.39 is 17.7 Å². The highest BCUT2D eigenvalue weighted by atomic mass is 19.1. The number of aromatic nitrogens is 6. The van der Waals surface area contributed by atoms with Crippen LogP contribution in [0.15, 0.2) is 24.5 Å². The van der Waals surface area contributed by atoms with Crippen molar-refractivity contribution in [3.63, 3.8) is 0 Å². The van der Waals surface area contributed by atoms with E-state index >= 15 is 0 Å². The number of aliphatic hydroxyl groups is 1. The van der Waals surface area contributed by atoms with Gasteiger partial charge in [0, 0.05) is 31.3 Å². The zero-order valence-corrected chi connectivity index (χ0v) is 17.8. The van der Waals surface area contributed by atoms with Crippen molar-refractivity contribution in [3.05, 3.63) is 42.0 Å². The number of benzene rings is 1. The van der Waals surface area contributed by atoms with Gasteiger partial charge in [0.25, 0.3) is 0 Å². The molecular weight excluding hydrogens is 418 g/mol. The van der Waals surface area contributed by atoms with Crippen LogP contribution in [0.1, 0.15) is 44.5 Å². The highest BCUT2D eigenvalue weighted by Gasteiger charge is 2.27. The van der Waals surface area contributed by atoms with E-state index in [0.29, 0.717) is 12.4 Å². The van der Waals surface area contributed by atoms with Crippen molar-refractivity contribution in [3.8, 4) is 0 Å². The Morgan fingerprint density at radius 1 is 1.22 bits per heavy atom. The summed E-state index contributed by atoms with van der Waals surface area (Å²) in [5, 5.41) is 19.0. The Hall–Kier alpha value is -3.34. The number of anilines is 2. The first-order valence-electron chi connectivity index (χ1n) is 10.6. The number of halogens is 2. The molecular formula is C21H24F2N8O. The lowest BCUT2D eigenvalue weighted by molar-refractivity contribution is 0.132. The number of nitrogens with zero attached hydrogens (tertiary/aromatic N) is 7. The van der Waals surface area contributed by atoms with Crippen LogP contribution in [-0.4, -0.2) is 53.7 Å². The SMILES string of the molecule is C[C@@H](O)[C@H](C)n1cc(N2CCCC(c3nc4c5cc(F)cc(F)c5nc(N)n4n3)C2)cn1. The number of aliphatic hydroxyl groups excluding tert-OH is 1. The molecule has 1 aromatic carbocycles. The van der Waals surface area contributed by atoms with Crippen LogP contribution >= 0.6 is 0 Å². The van der Waals surface area contributed by atoms with Crippen molar-refractivity contribution in [2.75, 3.05) is 23.7 Å². The van der Waals surface area contributed by atoms with Gasteiger partial charge in [-0.2, -0.15) is 9.61 Å². The zero-order chi connectivity index (χ0) is 22.6. The predicted octanol–water partition coefficient (Wildman–Crippen LogP) is 2.66. The molecule has 168 valence electrons. The Morgan fingerprint density at radius 2 is 2.03 bits per heavy atom. The van der Waals surface area contributed by atoms with Crippen LogP contribution in [0, 0.1) is 11.6 Å². The first-order chi connectivity index (χ1) is 15.3. The predicted molar refractivity (Wildman–Crippen MR) is 115 cm³/mol. The lowest BCUT2D eigenvalue weighted by atomic mass is 9.97. The van der Waals surface area contributed by atoms with E-state index in [1.807, 2.05) is 13.1 Å². The van der Waals surface area contributed by atoms with Gasteiger partial charge in [-0.15, -0.1) is 5.10 Å². The quantitative estimate of drug-likeness (QED) is 0.500. The summed E-state index contributed by atoms with van der Waals surface area (Å²) in [7, 11) is 0. The summed E-state index contributed by atoms with van der Waals surface area (Å²) in [6.45, 7) is 5.18. The number of nitrogen functional groups attached to an aromatic ring is 1. The molecule has 0 bridgehead atoms. The van der Waals surface area contributed by atoms with Crippen LogP contribution in [0.25, 0.3) is 16.6 Å². The Labute approximate surface area is 182 Å². The minimum absolute atomic E-state index is 0.00203. The maximum atomic E-state index is 14.2. The average molecular weight is 442 g/mol. The maximum absolute atomic E-state index is 14.2. The number of hydrogen-bond donors (Lipinski definition) is 2. The highest BCUT2D eigenvalue weighted by Crippen LogP contribution is 2.31. The third-order valence-corrected chi connectivity index (χ3v) is 6.19. The summed E-state index contributed by atoms with van der Waals surface area (Å²) in [5.41, 5.74) is 7.21. The second-order valence-corrected chi connectivity index (χ2v) is 8.40. The third-order valence-electron chi connectivity index (χ3n) is 6.19. The molecule has 4 heterocycles. The maximum Gasteiger partial charge on any atom is 0.223 e. The Kier molecular flexibility index (Phi) is 4.92. The van der Waals surface area contributed by atoms with E-state index in [1.165, 1.54) is 10.6 Å². The summed E-state index contributed by atoms with van der Waals surface area (Å²) in [5.74, 6) is -0.928. The van der Waals surface area contributed by atoms with Gasteiger partial charge in [0.2, 0.25) is 5.95 Å². The van der Waals surface area contributed by atoms with E-state index in [2.05, 4.69) is 25.1 Å². The zero-order valence-electron chi connectivity index (χ0n) is 17.8. The molecule has 9 nitrogen and oxygen atoms in total. The molecule has 0 aliphatic carbocycles. The Bertz CT molecular complexity index is 1300. The van der Waals surface area contributed by atoms with Gasteiger partial charge in [-0.05, 0) is 32.8 Å². The van der Waals surface area contributed by atoms with E-state index in [0.717, 1.165) is 31.1 Å². The molecule has 3 N–H and O–H groups in total. The van der Waals surface area contributed by atoms with E-state index in [-0.39, 0.29) is 34.5 Å². The smallest absolute Gasteiger partial charge is 0.223 e. The largest absolute Gasteiger partial charge is 0.391 e. The van der Waals surface area contributed by atoms with Gasteiger partial charge < -0.3 is 15.7 Å². The number of piperidine rings is 1. The minimum Gasteiger partial charge on any atom is -0.391 e. The normalized spacial score (nSPS) is 19.0. The summed E-state index contributed by atoms with van der Waals surface area (Å²) in [6.07, 6.45) is 5.01. The van der Waals surface area contributed by atoms with Crippen molar-refractivity contribution >= 4 is 28.2 Å². The molecule has 0 saturated carbocycles. The van der Waals surface area contributed by atoms with E-state index in [9.17, 15) is 13.9 Å². The van der Waals surface area contributed by atoms with Gasteiger partial charge in [-0.3, -0.25) is 4.68 Å². The third kappa shape index (κ3) is 3.42. The van der Waals surface area contributed by atoms with Crippen LogP contribution < -0.4 is 10.6 Å². The van der Waals surface area contributed by atoms with Gasteiger partial charge in [0.05, 0.1) is 29.4 Å². The van der Waals surface area contributed by atoms with Crippen LogP contribution in [0.3, 0.4) is 0 Å². The van der Waals surface area contributed by atoms with Gasteiger partial charge in [-0.25, -0.2) is 18.7 Å². The molecule has 11 heteroatoms. The van der Waals surface area contributed by atoms with Gasteiger partial charge in [0.1, 0.15) is 11.3 Å². The molecule has 1 unspecified atom stereocenters. The highest BCUT2D eigenvalue weighted by molar-refractivity contribution is 5.92. The first-order valence-corrected chi connectivity index (χ1v) is 10.6. The molecule has 0 radical (unpaired) electrons. The molecule has 1 fully saturated rings. The van der Waals surface area contributed by atoms with Crippen molar-refractivity contribution < 1.29 is 13.9 Å². The first kappa shape index (κ1) is 20.6. The van der Waals surface area contributed by atoms with Crippen LogP contribution in [0.2, 0.25) is 0 Å². The number of hydrogen-bond acceptors (Lipinski definition) is 7. The molecule has 0 spiro atoms. The van der Waals surface area contributed by atoms with Gasteiger partial charge in [-0.1, -0.05) is 0 Å². The van der Waals surface area contributed by atoms with Crippen molar-refractivity contribution in [2.45, 2.75) is 44.8 Å². The number of rotatable bonds is 4. The molecule has 1 aliphatic rings. The fourth-order valence-electron chi connectivity index (χ4n) is 4.20. The molecule has 5 rings (SSSR count). The fourth-order valence-corrected chi connectivity index (χ4v) is 4.20. The molecule has 3 aromatic heterocycles. The second-order valence-electron chi connectivity index (χ2n) is 8.40. The van der Waals surface area contributed by atoms with Crippen molar-refractivity contribution in [1.29, 1.82) is 0 Å². The topological polar surface area (TPSA) is 110 Å². The monoisotopic (exact) mass is 442 g/mol. The van der Waals surface area contributed by atoms with Crippen LogP contribution in [0.5, 0.6) is 0 Å². The summed E-state index contributed by atoms with van der Waals surface area (Å²) >= 11 is 0. The summed E-state index contributed by atoms with van der Waals surface area (Å²) in [4.78, 5) is 10.9. The molecule has 0 amide bonds. The lowest BCUT2D eigenvalue weighted by Gasteiger charge is -2.32. The average Bonchev–Trinajstić information content (AvgIpc) is 3.43. The minimum atomic E-state index is -0.786. The second kappa shape index (κ2) is 7.66. The summed E-state index contributed by atoms with van der Waals surface area (Å²) in [6, 6.07) is 1.85. The van der Waals surface area contributed by atoms with E-state index in [4.69, 9.17) is 5.73 Å². The van der Waals surface area contributed by atoms with Crippen LogP contribution in [-0.2, 0) is 0 Å². The molecule has 3 atom stereocenters. The molecule has 1 saturated heterocycles. The lowest BCUT2D eigenvalue weighted by Crippen LogP contribution is -2.34. The Morgan fingerprint density at radius 3 is 2.81 bits per heavy atom. The van der Waals surface area contributed by atoms with Gasteiger partial charge in [0.15, 0.2) is 17.3 Å². The Balaban J connectivity index is 1.48. The number of nitrogens with two attached hydrogens (primary N) is 1. The molecule has 32 heavy (non-hydrogen) atoms. The van der Waals surface area contributed by atoms with Crippen molar-refractivity contribution in [2.24, 2.45) is 0 Å². The van der Waals surface area contributed by atoms with Crippen molar-refractivity contribution in [1.82, 2.24) is 29.4 Å². The van der Waals surface area contributed by atoms with Crippen LogP contribution in [0.4, 0.5) is 20.4 Å². The number of fused-ring (bicyclic) bond motifs is 3. The van der Waals surface area contributed by atoms with E-state index in [1.54, 1.807) is 17.8 Å². The van der Waals surface area contributed by atoms with Gasteiger partial charge >= 0.3 is 0 Å². The summed E-state index contributed by atoms with van der Waals surface area (Å²) < 4.78 is 31.2. The molecule has 1 aliphatic heterocycles.